The monoisotopic (exact) mass is 319 g/mol. The van der Waals surface area contributed by atoms with Crippen LogP contribution in [0.2, 0.25) is 0 Å². The SMILES string of the molecule is Cc1nc2sc(-c3ccccc3)c(-c3ccccc3)c2c(=O)o1. The fourth-order valence-corrected chi connectivity index (χ4v) is 3.94. The fraction of sp³-hybridized carbons (Fsp3) is 0.0526. The van der Waals surface area contributed by atoms with Gasteiger partial charge < -0.3 is 4.42 Å². The highest BCUT2D eigenvalue weighted by atomic mass is 32.1. The highest BCUT2D eigenvalue weighted by molar-refractivity contribution is 7.22. The number of aryl methyl sites for hydroxylation is 1. The maximum atomic E-state index is 12.4. The van der Waals surface area contributed by atoms with Crippen LogP contribution in [-0.4, -0.2) is 4.98 Å². The third-order valence-electron chi connectivity index (χ3n) is 3.69. The van der Waals surface area contributed by atoms with Crippen molar-refractivity contribution >= 4 is 21.6 Å². The smallest absolute Gasteiger partial charge is 0.348 e. The summed E-state index contributed by atoms with van der Waals surface area (Å²) in [5.41, 5.74) is 2.64. The first-order valence-electron chi connectivity index (χ1n) is 7.29. The summed E-state index contributed by atoms with van der Waals surface area (Å²) in [6.07, 6.45) is 0. The average molecular weight is 319 g/mol. The Labute approximate surface area is 136 Å². The van der Waals surface area contributed by atoms with E-state index in [1.165, 1.54) is 11.3 Å². The first-order valence-corrected chi connectivity index (χ1v) is 8.11. The van der Waals surface area contributed by atoms with E-state index in [2.05, 4.69) is 4.98 Å². The molecule has 23 heavy (non-hydrogen) atoms. The molecule has 0 saturated carbocycles. The Kier molecular flexibility index (Phi) is 3.32. The Balaban J connectivity index is 2.14. The van der Waals surface area contributed by atoms with Crippen LogP contribution in [0.5, 0.6) is 0 Å². The van der Waals surface area contributed by atoms with Gasteiger partial charge in [-0.3, -0.25) is 0 Å². The predicted octanol–water partition coefficient (Wildman–Crippen LogP) is 4.89. The van der Waals surface area contributed by atoms with Gasteiger partial charge in [0.25, 0.3) is 0 Å². The first kappa shape index (κ1) is 13.9. The second kappa shape index (κ2) is 5.48. The number of nitrogens with zero attached hydrogens (tertiary/aromatic N) is 1. The summed E-state index contributed by atoms with van der Waals surface area (Å²) < 4.78 is 5.24. The van der Waals surface area contributed by atoms with Gasteiger partial charge in [0.15, 0.2) is 5.89 Å². The minimum absolute atomic E-state index is 0.329. The zero-order chi connectivity index (χ0) is 15.8. The Bertz CT molecular complexity index is 1030. The van der Waals surface area contributed by atoms with Crippen molar-refractivity contribution in [2.45, 2.75) is 6.92 Å². The lowest BCUT2D eigenvalue weighted by molar-refractivity contribution is 0.468. The molecule has 0 aliphatic heterocycles. The van der Waals surface area contributed by atoms with Crippen LogP contribution in [0.4, 0.5) is 0 Å². The van der Waals surface area contributed by atoms with Gasteiger partial charge in [0.2, 0.25) is 0 Å². The van der Waals surface area contributed by atoms with Crippen LogP contribution in [0.15, 0.2) is 69.9 Å². The van der Waals surface area contributed by atoms with Crippen LogP contribution in [0.3, 0.4) is 0 Å². The standard InChI is InChI=1S/C19H13NO2S/c1-12-20-18-16(19(21)22-12)15(13-8-4-2-5-9-13)17(23-18)14-10-6-3-7-11-14/h2-11H,1H3. The lowest BCUT2D eigenvalue weighted by atomic mass is 10.0. The Morgan fingerprint density at radius 2 is 1.52 bits per heavy atom. The molecule has 2 heterocycles. The van der Waals surface area contributed by atoms with Gasteiger partial charge in [0, 0.05) is 17.4 Å². The van der Waals surface area contributed by atoms with E-state index in [1.807, 2.05) is 60.7 Å². The van der Waals surface area contributed by atoms with E-state index in [0.29, 0.717) is 11.3 Å². The molecule has 0 amide bonds. The summed E-state index contributed by atoms with van der Waals surface area (Å²) in [6, 6.07) is 20.0. The molecule has 112 valence electrons. The van der Waals surface area contributed by atoms with E-state index in [9.17, 15) is 4.79 Å². The largest absolute Gasteiger partial charge is 0.408 e. The summed E-state index contributed by atoms with van der Waals surface area (Å²) in [7, 11) is 0. The van der Waals surface area contributed by atoms with E-state index in [-0.39, 0.29) is 5.63 Å². The van der Waals surface area contributed by atoms with E-state index >= 15 is 0 Å². The molecule has 0 saturated heterocycles. The molecule has 4 heteroatoms. The van der Waals surface area contributed by atoms with Gasteiger partial charge >= 0.3 is 5.63 Å². The third kappa shape index (κ3) is 2.37. The van der Waals surface area contributed by atoms with Gasteiger partial charge in [-0.2, -0.15) is 0 Å². The van der Waals surface area contributed by atoms with Crippen molar-refractivity contribution < 1.29 is 4.42 Å². The molecule has 0 N–H and O–H groups in total. The second-order valence-electron chi connectivity index (χ2n) is 5.24. The number of rotatable bonds is 2. The number of aromatic nitrogens is 1. The molecule has 0 aliphatic rings. The van der Waals surface area contributed by atoms with E-state index in [0.717, 1.165) is 26.4 Å². The molecule has 0 atom stereocenters. The first-order chi connectivity index (χ1) is 11.2. The highest BCUT2D eigenvalue weighted by Gasteiger charge is 2.20. The summed E-state index contributed by atoms with van der Waals surface area (Å²) in [6.45, 7) is 1.70. The van der Waals surface area contributed by atoms with Crippen molar-refractivity contribution in [3.63, 3.8) is 0 Å². The van der Waals surface area contributed by atoms with Crippen LogP contribution in [0, 0.1) is 6.92 Å². The molecule has 3 nitrogen and oxygen atoms in total. The van der Waals surface area contributed by atoms with Crippen molar-refractivity contribution in [1.29, 1.82) is 0 Å². The van der Waals surface area contributed by atoms with Crippen LogP contribution >= 0.6 is 11.3 Å². The molecule has 2 aromatic carbocycles. The Morgan fingerprint density at radius 1 is 0.913 bits per heavy atom. The minimum atomic E-state index is -0.329. The van der Waals surface area contributed by atoms with Crippen molar-refractivity contribution in [3.8, 4) is 21.6 Å². The Morgan fingerprint density at radius 3 is 2.17 bits per heavy atom. The molecule has 0 spiro atoms. The zero-order valence-corrected chi connectivity index (χ0v) is 13.3. The molecule has 0 radical (unpaired) electrons. The highest BCUT2D eigenvalue weighted by Crippen LogP contribution is 2.42. The summed E-state index contributed by atoms with van der Waals surface area (Å²) in [5.74, 6) is 0.392. The van der Waals surface area contributed by atoms with Crippen LogP contribution < -0.4 is 5.63 Å². The van der Waals surface area contributed by atoms with Gasteiger partial charge in [0.1, 0.15) is 10.2 Å². The van der Waals surface area contributed by atoms with E-state index in [1.54, 1.807) is 6.92 Å². The summed E-state index contributed by atoms with van der Waals surface area (Å²) >= 11 is 1.53. The van der Waals surface area contributed by atoms with Gasteiger partial charge in [-0.1, -0.05) is 60.7 Å². The minimum Gasteiger partial charge on any atom is -0.408 e. The average Bonchev–Trinajstić information content (AvgIpc) is 2.96. The van der Waals surface area contributed by atoms with Crippen molar-refractivity contribution in [3.05, 3.63) is 77.0 Å². The quantitative estimate of drug-likeness (QED) is 0.528. The molecule has 0 aliphatic carbocycles. The maximum absolute atomic E-state index is 12.4. The molecule has 0 fully saturated rings. The lowest BCUT2D eigenvalue weighted by Crippen LogP contribution is -2.02. The fourth-order valence-electron chi connectivity index (χ4n) is 2.71. The Hall–Kier alpha value is -2.72. The van der Waals surface area contributed by atoms with Gasteiger partial charge in [0.05, 0.1) is 0 Å². The molecule has 4 aromatic rings. The van der Waals surface area contributed by atoms with Crippen molar-refractivity contribution in [2.75, 3.05) is 0 Å². The van der Waals surface area contributed by atoms with Crippen LogP contribution in [-0.2, 0) is 0 Å². The van der Waals surface area contributed by atoms with E-state index in [4.69, 9.17) is 4.42 Å². The number of fused-ring (bicyclic) bond motifs is 1. The number of thiophene rings is 1. The second-order valence-corrected chi connectivity index (χ2v) is 6.24. The molecule has 0 unspecified atom stereocenters. The molecular formula is C19H13NO2S. The lowest BCUT2D eigenvalue weighted by Gasteiger charge is -2.04. The molecular weight excluding hydrogens is 306 g/mol. The number of benzene rings is 2. The number of hydrogen-bond acceptors (Lipinski definition) is 4. The molecule has 2 aromatic heterocycles. The predicted molar refractivity (Wildman–Crippen MR) is 93.8 cm³/mol. The van der Waals surface area contributed by atoms with E-state index < -0.39 is 0 Å². The van der Waals surface area contributed by atoms with Crippen LogP contribution in [0.1, 0.15) is 5.89 Å². The normalized spacial score (nSPS) is 11.0. The van der Waals surface area contributed by atoms with Crippen molar-refractivity contribution in [2.24, 2.45) is 0 Å². The third-order valence-corrected chi connectivity index (χ3v) is 4.82. The van der Waals surface area contributed by atoms with Gasteiger partial charge in [-0.25, -0.2) is 9.78 Å². The summed E-state index contributed by atoms with van der Waals surface area (Å²) in [4.78, 5) is 18.6. The topological polar surface area (TPSA) is 43.1 Å². The molecule has 0 bridgehead atoms. The molecule has 4 rings (SSSR count). The van der Waals surface area contributed by atoms with Crippen molar-refractivity contribution in [1.82, 2.24) is 4.98 Å². The van der Waals surface area contributed by atoms with Gasteiger partial charge in [-0.05, 0) is 11.1 Å². The zero-order valence-electron chi connectivity index (χ0n) is 12.4. The van der Waals surface area contributed by atoms with Crippen LogP contribution in [0.25, 0.3) is 31.8 Å². The number of hydrogen-bond donors (Lipinski definition) is 0. The maximum Gasteiger partial charge on any atom is 0.348 e. The van der Waals surface area contributed by atoms with Gasteiger partial charge in [-0.15, -0.1) is 11.3 Å². The summed E-state index contributed by atoms with van der Waals surface area (Å²) in [5, 5.41) is 0.561.